The molecule has 1 N–H and O–H groups in total. The third kappa shape index (κ3) is 4.71. The molecular formula is C13H15F4NO2. The van der Waals surface area contributed by atoms with E-state index in [1.54, 1.807) is 13.8 Å². The fraction of sp³-hybridized carbons (Fsp3) is 0.462. The van der Waals surface area contributed by atoms with Crippen LogP contribution in [0.5, 0.6) is 0 Å². The molecule has 3 nitrogen and oxygen atoms in total. The molecule has 1 rings (SSSR count). The van der Waals surface area contributed by atoms with Crippen LogP contribution in [0.3, 0.4) is 0 Å². The van der Waals surface area contributed by atoms with Crippen molar-refractivity contribution in [2.45, 2.75) is 32.5 Å². The summed E-state index contributed by atoms with van der Waals surface area (Å²) in [6, 6.07) is 1.53. The lowest BCUT2D eigenvalue weighted by Crippen LogP contribution is -2.22. The Morgan fingerprint density at radius 3 is 2.60 bits per heavy atom. The van der Waals surface area contributed by atoms with Crippen molar-refractivity contribution in [3.8, 4) is 0 Å². The van der Waals surface area contributed by atoms with E-state index in [0.29, 0.717) is 12.1 Å². The number of rotatable bonds is 5. The first-order chi connectivity index (χ1) is 9.24. The van der Waals surface area contributed by atoms with Crippen molar-refractivity contribution < 1.29 is 27.1 Å². The Hall–Kier alpha value is -1.79. The summed E-state index contributed by atoms with van der Waals surface area (Å²) < 4.78 is 55.7. The number of nitrogens with one attached hydrogen (secondary N) is 1. The van der Waals surface area contributed by atoms with Gasteiger partial charge >= 0.3 is 12.1 Å². The van der Waals surface area contributed by atoms with Crippen molar-refractivity contribution in [2.24, 2.45) is 0 Å². The van der Waals surface area contributed by atoms with Gasteiger partial charge in [0, 0.05) is 6.04 Å². The Kier molecular flexibility index (Phi) is 5.35. The van der Waals surface area contributed by atoms with Gasteiger partial charge in [-0.05, 0) is 32.0 Å². The van der Waals surface area contributed by atoms with Crippen molar-refractivity contribution in [1.29, 1.82) is 0 Å². The summed E-state index contributed by atoms with van der Waals surface area (Å²) in [5.41, 5.74) is -1.25. The number of carbonyl (C=O) groups excluding carboxylic acids is 1. The number of anilines is 1. The van der Waals surface area contributed by atoms with E-state index in [1.807, 2.05) is 0 Å². The average molecular weight is 293 g/mol. The first kappa shape index (κ1) is 16.3. The Balaban J connectivity index is 2.79. The third-order valence-corrected chi connectivity index (χ3v) is 2.47. The van der Waals surface area contributed by atoms with Gasteiger partial charge in [0.2, 0.25) is 0 Å². The lowest BCUT2D eigenvalue weighted by molar-refractivity contribution is -0.143. The molecule has 0 saturated heterocycles. The van der Waals surface area contributed by atoms with E-state index >= 15 is 0 Å². The van der Waals surface area contributed by atoms with E-state index in [2.05, 4.69) is 5.32 Å². The van der Waals surface area contributed by atoms with E-state index in [9.17, 15) is 22.4 Å². The molecule has 0 aliphatic heterocycles. The largest absolute Gasteiger partial charge is 0.466 e. The summed E-state index contributed by atoms with van der Waals surface area (Å²) in [5.74, 6) is -1.31. The van der Waals surface area contributed by atoms with Gasteiger partial charge in [0.05, 0.1) is 24.3 Å². The highest BCUT2D eigenvalue weighted by Gasteiger charge is 2.31. The topological polar surface area (TPSA) is 38.3 Å². The molecule has 1 aromatic rings. The molecule has 0 heterocycles. The smallest absolute Gasteiger partial charge is 0.416 e. The Morgan fingerprint density at radius 2 is 2.05 bits per heavy atom. The van der Waals surface area contributed by atoms with E-state index in [1.165, 1.54) is 0 Å². The van der Waals surface area contributed by atoms with Gasteiger partial charge in [-0.3, -0.25) is 4.79 Å². The molecule has 0 aliphatic carbocycles. The second-order valence-electron chi connectivity index (χ2n) is 4.25. The predicted molar refractivity (Wildman–Crippen MR) is 65.7 cm³/mol. The molecule has 0 amide bonds. The summed E-state index contributed by atoms with van der Waals surface area (Å²) in [5, 5.41) is 2.54. The van der Waals surface area contributed by atoms with Gasteiger partial charge < -0.3 is 10.1 Å². The average Bonchev–Trinajstić information content (AvgIpc) is 2.30. The van der Waals surface area contributed by atoms with Crippen LogP contribution in [0, 0.1) is 5.82 Å². The van der Waals surface area contributed by atoms with Crippen LogP contribution in [0.1, 0.15) is 25.8 Å². The number of carbonyl (C=O) groups is 1. The highest BCUT2D eigenvalue weighted by molar-refractivity contribution is 5.70. The maximum atomic E-state index is 13.5. The summed E-state index contributed by atoms with van der Waals surface area (Å²) >= 11 is 0. The van der Waals surface area contributed by atoms with Gasteiger partial charge in [0.15, 0.2) is 0 Å². The van der Waals surface area contributed by atoms with Crippen LogP contribution >= 0.6 is 0 Å². The maximum Gasteiger partial charge on any atom is 0.416 e. The Morgan fingerprint density at radius 1 is 1.40 bits per heavy atom. The Bertz CT molecular complexity index is 474. The molecule has 0 bridgehead atoms. The molecule has 7 heteroatoms. The minimum absolute atomic E-state index is 0.0659. The van der Waals surface area contributed by atoms with Crippen molar-refractivity contribution in [2.75, 3.05) is 11.9 Å². The molecule has 1 unspecified atom stereocenters. The number of benzene rings is 1. The molecule has 1 aromatic carbocycles. The van der Waals surface area contributed by atoms with Gasteiger partial charge in [-0.2, -0.15) is 13.2 Å². The monoisotopic (exact) mass is 293 g/mol. The van der Waals surface area contributed by atoms with Crippen LogP contribution in [0.4, 0.5) is 23.2 Å². The normalized spacial score (nSPS) is 12.9. The molecule has 20 heavy (non-hydrogen) atoms. The summed E-state index contributed by atoms with van der Waals surface area (Å²) in [6.07, 6.45) is -4.61. The van der Waals surface area contributed by atoms with Crippen LogP contribution in [0.15, 0.2) is 18.2 Å². The number of esters is 1. The fourth-order valence-corrected chi connectivity index (χ4v) is 1.60. The molecule has 0 spiro atoms. The maximum absolute atomic E-state index is 13.5. The first-order valence-corrected chi connectivity index (χ1v) is 6.03. The van der Waals surface area contributed by atoms with Crippen molar-refractivity contribution >= 4 is 11.7 Å². The molecular weight excluding hydrogens is 278 g/mol. The minimum atomic E-state index is -4.55. The van der Waals surface area contributed by atoms with Crippen molar-refractivity contribution in [1.82, 2.24) is 0 Å². The molecule has 0 aromatic heterocycles. The van der Waals surface area contributed by atoms with Gasteiger partial charge in [-0.1, -0.05) is 0 Å². The SMILES string of the molecule is CCOC(=O)CC(C)Nc1cc(C(F)(F)F)ccc1F. The second-order valence-corrected chi connectivity index (χ2v) is 4.25. The molecule has 112 valence electrons. The summed E-state index contributed by atoms with van der Waals surface area (Å²) in [4.78, 5) is 11.2. The lowest BCUT2D eigenvalue weighted by atomic mass is 10.1. The Labute approximate surface area is 113 Å². The molecule has 0 fully saturated rings. The van der Waals surface area contributed by atoms with Crippen LogP contribution < -0.4 is 5.32 Å². The number of alkyl halides is 3. The van der Waals surface area contributed by atoms with E-state index in [4.69, 9.17) is 4.74 Å². The number of hydrogen-bond donors (Lipinski definition) is 1. The van der Waals surface area contributed by atoms with Gasteiger partial charge in [-0.15, -0.1) is 0 Å². The van der Waals surface area contributed by atoms with E-state index in [0.717, 1.165) is 6.07 Å². The zero-order valence-corrected chi connectivity index (χ0v) is 11.1. The number of halogens is 4. The molecule has 0 radical (unpaired) electrons. The van der Waals surface area contributed by atoms with Crippen molar-refractivity contribution in [3.05, 3.63) is 29.6 Å². The van der Waals surface area contributed by atoms with E-state index < -0.39 is 29.6 Å². The quantitative estimate of drug-likeness (QED) is 0.666. The third-order valence-electron chi connectivity index (χ3n) is 2.47. The predicted octanol–water partition coefficient (Wildman–Crippen LogP) is 3.60. The molecule has 0 aliphatic rings. The van der Waals surface area contributed by atoms with Crippen LogP contribution in [-0.2, 0) is 15.7 Å². The molecule has 0 saturated carbocycles. The summed E-state index contributed by atoms with van der Waals surface area (Å²) in [6.45, 7) is 3.41. The number of ether oxygens (including phenoxy) is 1. The zero-order chi connectivity index (χ0) is 15.3. The highest BCUT2D eigenvalue weighted by Crippen LogP contribution is 2.32. The molecule has 1 atom stereocenters. The highest BCUT2D eigenvalue weighted by atomic mass is 19.4. The van der Waals surface area contributed by atoms with Crippen LogP contribution in [0.25, 0.3) is 0 Å². The lowest BCUT2D eigenvalue weighted by Gasteiger charge is -2.16. The standard InChI is InChI=1S/C13H15F4NO2/c1-3-20-12(19)6-8(2)18-11-7-9(13(15,16)17)4-5-10(11)14/h4-5,7-8,18H,3,6H2,1-2H3. The van der Waals surface area contributed by atoms with Gasteiger partial charge in [-0.25, -0.2) is 4.39 Å². The van der Waals surface area contributed by atoms with Crippen molar-refractivity contribution in [3.63, 3.8) is 0 Å². The van der Waals surface area contributed by atoms with Crippen LogP contribution in [0.2, 0.25) is 0 Å². The second kappa shape index (κ2) is 6.58. The van der Waals surface area contributed by atoms with E-state index in [-0.39, 0.29) is 18.7 Å². The summed E-state index contributed by atoms with van der Waals surface area (Å²) in [7, 11) is 0. The first-order valence-electron chi connectivity index (χ1n) is 6.03. The minimum Gasteiger partial charge on any atom is -0.466 e. The fourth-order valence-electron chi connectivity index (χ4n) is 1.60. The van der Waals surface area contributed by atoms with Crippen LogP contribution in [-0.4, -0.2) is 18.6 Å². The van der Waals surface area contributed by atoms with Gasteiger partial charge in [0.25, 0.3) is 0 Å². The van der Waals surface area contributed by atoms with Gasteiger partial charge in [0.1, 0.15) is 5.82 Å². The number of hydrogen-bond acceptors (Lipinski definition) is 3. The zero-order valence-electron chi connectivity index (χ0n) is 11.1.